The van der Waals surface area contributed by atoms with Crippen LogP contribution in [0.4, 0.5) is 8.78 Å². The molecule has 164 valence electrons. The number of aliphatic hydroxyl groups is 1. The van der Waals surface area contributed by atoms with Crippen LogP contribution in [-0.4, -0.2) is 50.4 Å². The van der Waals surface area contributed by atoms with Crippen LogP contribution in [0.25, 0.3) is 0 Å². The summed E-state index contributed by atoms with van der Waals surface area (Å²) in [6.45, 7) is 2.34. The molecule has 1 aromatic carbocycles. The van der Waals surface area contributed by atoms with Crippen LogP contribution in [0.5, 0.6) is 5.75 Å². The first kappa shape index (κ1) is 20.9. The predicted octanol–water partition coefficient (Wildman–Crippen LogP) is 0.844. The fourth-order valence-corrected chi connectivity index (χ4v) is 3.82. The molecule has 2 aromatic rings. The van der Waals surface area contributed by atoms with Crippen LogP contribution in [0, 0.1) is 11.6 Å². The molecule has 1 saturated heterocycles. The van der Waals surface area contributed by atoms with Crippen molar-refractivity contribution < 1.29 is 33.3 Å². The highest BCUT2D eigenvalue weighted by Crippen LogP contribution is 2.29. The van der Waals surface area contributed by atoms with Crippen molar-refractivity contribution in [2.24, 2.45) is 0 Å². The molecule has 3 unspecified atom stereocenters. The van der Waals surface area contributed by atoms with Crippen LogP contribution in [0.1, 0.15) is 46.0 Å². The minimum atomic E-state index is -1.88. The van der Waals surface area contributed by atoms with Crippen LogP contribution in [0.2, 0.25) is 0 Å². The van der Waals surface area contributed by atoms with Crippen molar-refractivity contribution in [3.8, 4) is 5.75 Å². The molecular weight excluding hydrogens is 416 g/mol. The van der Waals surface area contributed by atoms with Gasteiger partial charge in [0.1, 0.15) is 17.2 Å². The first-order chi connectivity index (χ1) is 14.7. The number of fused-ring (bicyclic) bond motifs is 2. The van der Waals surface area contributed by atoms with E-state index in [0.717, 1.165) is 18.3 Å². The summed E-state index contributed by atoms with van der Waals surface area (Å²) in [5.41, 5.74) is -2.35. The number of nitrogens with zero attached hydrogens (tertiary/aromatic N) is 2. The van der Waals surface area contributed by atoms with Gasteiger partial charge in [0, 0.05) is 23.9 Å². The van der Waals surface area contributed by atoms with E-state index in [2.05, 4.69) is 0 Å². The highest BCUT2D eigenvalue weighted by atomic mass is 19.1. The van der Waals surface area contributed by atoms with E-state index < -0.39 is 58.2 Å². The van der Waals surface area contributed by atoms with E-state index in [1.54, 1.807) is 0 Å². The lowest BCUT2D eigenvalue weighted by Crippen LogP contribution is -2.57. The molecule has 2 aliphatic rings. The molecule has 3 N–H and O–H groups in total. The quantitative estimate of drug-likeness (QED) is 0.615. The molecule has 2 aliphatic heterocycles. The number of nitrogens with one attached hydrogen (secondary N) is 1. The highest BCUT2D eigenvalue weighted by molar-refractivity contribution is 5.99. The van der Waals surface area contributed by atoms with Gasteiger partial charge in [-0.25, -0.2) is 8.78 Å². The third kappa shape index (κ3) is 3.55. The Morgan fingerprint density at radius 2 is 2.06 bits per heavy atom. The summed E-state index contributed by atoms with van der Waals surface area (Å²) in [5, 5.41) is 22.5. The number of ether oxygens (including phenoxy) is 1. The number of rotatable bonds is 3. The minimum Gasteiger partial charge on any atom is -0.503 e. The Balaban J connectivity index is 1.66. The molecule has 3 atom stereocenters. The van der Waals surface area contributed by atoms with E-state index in [9.17, 15) is 33.4 Å². The zero-order valence-electron chi connectivity index (χ0n) is 16.3. The van der Waals surface area contributed by atoms with E-state index in [1.807, 2.05) is 12.2 Å². The fraction of sp³-hybridized carbons (Fsp3) is 0.350. The second kappa shape index (κ2) is 7.75. The number of amides is 2. The molecule has 1 aromatic heterocycles. The molecule has 9 nitrogen and oxygen atoms in total. The number of aliphatic hydroxyl groups excluding tert-OH is 1. The summed E-state index contributed by atoms with van der Waals surface area (Å²) in [6, 6.07) is 2.22. The summed E-state index contributed by atoms with van der Waals surface area (Å²) >= 11 is 0. The molecule has 0 saturated carbocycles. The van der Waals surface area contributed by atoms with Gasteiger partial charge in [0.25, 0.3) is 11.8 Å². The Hall–Kier alpha value is -3.31. The van der Waals surface area contributed by atoms with Gasteiger partial charge in [-0.1, -0.05) is 0 Å². The van der Waals surface area contributed by atoms with Gasteiger partial charge in [0.15, 0.2) is 23.9 Å². The van der Waals surface area contributed by atoms with Crippen molar-refractivity contribution in [3.63, 3.8) is 0 Å². The molecule has 11 heteroatoms. The van der Waals surface area contributed by atoms with Crippen LogP contribution in [0.3, 0.4) is 0 Å². The second-order valence-electron chi connectivity index (χ2n) is 7.44. The van der Waals surface area contributed by atoms with E-state index in [-0.39, 0.29) is 18.3 Å². The average molecular weight is 435 g/mol. The maximum atomic E-state index is 13.8. The summed E-state index contributed by atoms with van der Waals surface area (Å²) in [7, 11) is 0. The Kier molecular flexibility index (Phi) is 5.23. The first-order valence-corrected chi connectivity index (χ1v) is 9.53. The standard InChI is InChI=1S/C20H19F2N3O6/c1-9-4-5-31-14-8-24-7-12(16(26)17(27)15(24)20(30)25(9)14)19(29)23-18(28)11-3-2-10(21)6-13(11)22/h2-3,6-7,9,14,18,27-28H,4-5,8H2,1H3,(H,23,29). The van der Waals surface area contributed by atoms with Gasteiger partial charge in [-0.05, 0) is 25.5 Å². The van der Waals surface area contributed by atoms with Crippen LogP contribution < -0.4 is 10.7 Å². The first-order valence-electron chi connectivity index (χ1n) is 9.53. The molecule has 0 radical (unpaired) electrons. The average Bonchev–Trinajstić information content (AvgIpc) is 2.70. The third-order valence-corrected chi connectivity index (χ3v) is 5.45. The molecule has 4 rings (SSSR count). The van der Waals surface area contributed by atoms with Crippen molar-refractivity contribution in [2.75, 3.05) is 6.61 Å². The number of benzene rings is 1. The molecule has 1 fully saturated rings. The Morgan fingerprint density at radius 3 is 2.77 bits per heavy atom. The van der Waals surface area contributed by atoms with Gasteiger partial charge >= 0.3 is 0 Å². The lowest BCUT2D eigenvalue weighted by atomic mass is 10.1. The van der Waals surface area contributed by atoms with Crippen molar-refractivity contribution in [3.05, 3.63) is 63.1 Å². The van der Waals surface area contributed by atoms with Crippen LogP contribution >= 0.6 is 0 Å². The third-order valence-electron chi connectivity index (χ3n) is 5.45. The van der Waals surface area contributed by atoms with E-state index in [4.69, 9.17) is 4.74 Å². The fourth-order valence-electron chi connectivity index (χ4n) is 3.82. The maximum Gasteiger partial charge on any atom is 0.276 e. The summed E-state index contributed by atoms with van der Waals surface area (Å²) in [6.07, 6.45) is -0.819. The van der Waals surface area contributed by atoms with Crippen molar-refractivity contribution >= 4 is 11.8 Å². The minimum absolute atomic E-state index is 0.0781. The smallest absolute Gasteiger partial charge is 0.276 e. The molecular formula is C20H19F2N3O6. The van der Waals surface area contributed by atoms with Crippen molar-refractivity contribution in [2.45, 2.75) is 38.4 Å². The predicted molar refractivity (Wildman–Crippen MR) is 101 cm³/mol. The Bertz CT molecular complexity index is 1130. The number of hydrogen-bond acceptors (Lipinski definition) is 6. The topological polar surface area (TPSA) is 121 Å². The second-order valence-corrected chi connectivity index (χ2v) is 7.44. The number of pyridine rings is 1. The molecule has 31 heavy (non-hydrogen) atoms. The Morgan fingerprint density at radius 1 is 1.32 bits per heavy atom. The lowest BCUT2D eigenvalue weighted by Gasteiger charge is -2.44. The number of carbonyl (C=O) groups is 2. The van der Waals surface area contributed by atoms with Gasteiger partial charge in [0.2, 0.25) is 5.43 Å². The van der Waals surface area contributed by atoms with Crippen LogP contribution in [-0.2, 0) is 11.3 Å². The monoisotopic (exact) mass is 435 g/mol. The molecule has 0 spiro atoms. The zero-order chi connectivity index (χ0) is 22.4. The summed E-state index contributed by atoms with van der Waals surface area (Å²) in [5.74, 6) is -4.57. The molecule has 0 bridgehead atoms. The van der Waals surface area contributed by atoms with E-state index in [1.165, 1.54) is 9.47 Å². The van der Waals surface area contributed by atoms with Gasteiger partial charge < -0.3 is 29.7 Å². The SMILES string of the molecule is CC1CCOC2Cn3cc(C(=O)NC(O)c4ccc(F)cc4F)c(=O)c(O)c3C(=O)N12. The van der Waals surface area contributed by atoms with E-state index >= 15 is 0 Å². The van der Waals surface area contributed by atoms with Gasteiger partial charge in [0.05, 0.1) is 13.2 Å². The molecule has 3 heterocycles. The van der Waals surface area contributed by atoms with Gasteiger partial charge in [-0.3, -0.25) is 14.4 Å². The largest absolute Gasteiger partial charge is 0.503 e. The highest BCUT2D eigenvalue weighted by Gasteiger charge is 2.41. The van der Waals surface area contributed by atoms with Crippen molar-refractivity contribution in [1.29, 1.82) is 0 Å². The van der Waals surface area contributed by atoms with E-state index in [0.29, 0.717) is 19.1 Å². The number of carbonyl (C=O) groups excluding carboxylic acids is 2. The van der Waals surface area contributed by atoms with Crippen LogP contribution in [0.15, 0.2) is 29.2 Å². The lowest BCUT2D eigenvalue weighted by molar-refractivity contribution is -0.112. The van der Waals surface area contributed by atoms with Gasteiger partial charge in [-0.15, -0.1) is 0 Å². The number of hydrogen-bond donors (Lipinski definition) is 3. The number of aromatic hydroxyl groups is 1. The maximum absolute atomic E-state index is 13.8. The summed E-state index contributed by atoms with van der Waals surface area (Å²) < 4.78 is 33.7. The number of halogens is 2. The summed E-state index contributed by atoms with van der Waals surface area (Å²) in [4.78, 5) is 39.4. The van der Waals surface area contributed by atoms with Crippen molar-refractivity contribution in [1.82, 2.24) is 14.8 Å². The molecule has 0 aliphatic carbocycles. The molecule has 2 amide bonds. The zero-order valence-corrected chi connectivity index (χ0v) is 16.3. The van der Waals surface area contributed by atoms with Gasteiger partial charge in [-0.2, -0.15) is 0 Å². The Labute approximate surface area is 174 Å². The normalized spacial score (nSPS) is 21.3. The number of aromatic nitrogens is 1.